The van der Waals surface area contributed by atoms with Crippen LogP contribution in [0.3, 0.4) is 0 Å². The fourth-order valence-corrected chi connectivity index (χ4v) is 8.43. The van der Waals surface area contributed by atoms with E-state index in [1.165, 1.54) is 64.2 Å². The Morgan fingerprint density at radius 1 is 0.247 bits per heavy atom. The molecule has 0 aliphatic carbocycles. The molecule has 81 heavy (non-hydrogen) atoms. The van der Waals surface area contributed by atoms with Crippen LogP contribution in [0.1, 0.15) is 265 Å². The third-order valence-electron chi connectivity index (χ3n) is 13.2. The van der Waals surface area contributed by atoms with Crippen molar-refractivity contribution < 1.29 is 28.6 Å². The van der Waals surface area contributed by atoms with E-state index in [9.17, 15) is 14.4 Å². The van der Waals surface area contributed by atoms with Crippen molar-refractivity contribution in [3.8, 4) is 0 Å². The molecule has 0 fully saturated rings. The predicted octanol–water partition coefficient (Wildman–Crippen LogP) is 22.7. The van der Waals surface area contributed by atoms with Gasteiger partial charge >= 0.3 is 17.9 Å². The number of unbranched alkanes of at least 4 members (excludes halogenated alkanes) is 18. The van der Waals surface area contributed by atoms with E-state index < -0.39 is 6.10 Å². The molecule has 0 heterocycles. The molecule has 0 aliphatic heterocycles. The highest BCUT2D eigenvalue weighted by Crippen LogP contribution is 2.15. The molecule has 0 aromatic rings. The molecule has 0 saturated carbocycles. The zero-order valence-electron chi connectivity index (χ0n) is 52.0. The monoisotopic (exact) mass is 1110 g/mol. The fraction of sp³-hybridized carbons (Fsp3) is 0.587. The Kier molecular flexibility index (Phi) is 62.9. The molecule has 1 unspecified atom stereocenters. The second kappa shape index (κ2) is 67.3. The van der Waals surface area contributed by atoms with Gasteiger partial charge in [0.05, 0.1) is 0 Å². The topological polar surface area (TPSA) is 78.9 Å². The second-order valence-corrected chi connectivity index (χ2v) is 20.9. The van der Waals surface area contributed by atoms with Gasteiger partial charge in [-0.2, -0.15) is 0 Å². The van der Waals surface area contributed by atoms with Gasteiger partial charge in [0.1, 0.15) is 13.2 Å². The molecule has 0 aliphatic rings. The summed E-state index contributed by atoms with van der Waals surface area (Å²) in [6.07, 6.45) is 99.3. The van der Waals surface area contributed by atoms with E-state index in [0.717, 1.165) is 154 Å². The zero-order chi connectivity index (χ0) is 58.5. The van der Waals surface area contributed by atoms with E-state index in [0.29, 0.717) is 25.7 Å². The van der Waals surface area contributed by atoms with Crippen molar-refractivity contribution in [2.75, 3.05) is 13.2 Å². The Hall–Kier alpha value is -5.23. The van der Waals surface area contributed by atoms with Gasteiger partial charge in [0.25, 0.3) is 0 Å². The van der Waals surface area contributed by atoms with Crippen LogP contribution in [0.5, 0.6) is 0 Å². The summed E-state index contributed by atoms with van der Waals surface area (Å²) >= 11 is 0. The first-order chi connectivity index (χ1) is 40.0. The van der Waals surface area contributed by atoms with Gasteiger partial charge in [-0.3, -0.25) is 14.4 Å². The van der Waals surface area contributed by atoms with E-state index >= 15 is 0 Å². The van der Waals surface area contributed by atoms with Gasteiger partial charge in [0, 0.05) is 19.3 Å². The number of carbonyl (C=O) groups is 3. The number of carbonyl (C=O) groups excluding carboxylic acids is 3. The van der Waals surface area contributed by atoms with Crippen molar-refractivity contribution in [3.05, 3.63) is 170 Å². The zero-order valence-corrected chi connectivity index (χ0v) is 52.0. The SMILES string of the molecule is CC/C=C\C/C=C\C/C=C\C/C=C\C/C=C\C/C=C\CCCCCCCCCCC(=O)OCC(COC(=O)CCCC/C=C\C/C=C\C/C=C\C/C=C\CC)OC(=O)CCCCCCCCCC/C=C\C/C=C\C/C=C\C/C=C\CC. The fourth-order valence-electron chi connectivity index (χ4n) is 8.43. The van der Waals surface area contributed by atoms with Gasteiger partial charge in [-0.1, -0.05) is 268 Å². The van der Waals surface area contributed by atoms with Crippen LogP contribution in [0, 0.1) is 0 Å². The highest BCUT2D eigenvalue weighted by molar-refractivity contribution is 5.71. The van der Waals surface area contributed by atoms with E-state index in [2.05, 4.69) is 191 Å². The van der Waals surface area contributed by atoms with Gasteiger partial charge < -0.3 is 14.2 Å². The molecule has 6 heteroatoms. The first-order valence-electron chi connectivity index (χ1n) is 32.6. The summed E-state index contributed by atoms with van der Waals surface area (Å²) in [6.45, 7) is 6.25. The molecule has 0 N–H and O–H groups in total. The molecule has 6 nitrogen and oxygen atoms in total. The lowest BCUT2D eigenvalue weighted by Gasteiger charge is -2.18. The lowest BCUT2D eigenvalue weighted by Crippen LogP contribution is -2.30. The molecule has 0 spiro atoms. The molecule has 0 aromatic heterocycles. The maximum absolute atomic E-state index is 12.9. The van der Waals surface area contributed by atoms with Crippen molar-refractivity contribution in [2.45, 2.75) is 271 Å². The third-order valence-corrected chi connectivity index (χ3v) is 13.2. The number of allylic oxidation sites excluding steroid dienone is 28. The van der Waals surface area contributed by atoms with Crippen LogP contribution < -0.4 is 0 Å². The van der Waals surface area contributed by atoms with Crippen molar-refractivity contribution >= 4 is 17.9 Å². The van der Waals surface area contributed by atoms with Crippen LogP contribution in [-0.2, 0) is 28.6 Å². The van der Waals surface area contributed by atoms with Crippen LogP contribution in [0.4, 0.5) is 0 Å². The number of ether oxygens (including phenoxy) is 3. The maximum atomic E-state index is 12.9. The third kappa shape index (κ3) is 65.5. The van der Waals surface area contributed by atoms with Crippen LogP contribution in [0.2, 0.25) is 0 Å². The molecule has 454 valence electrons. The molecule has 0 rings (SSSR count). The van der Waals surface area contributed by atoms with E-state index in [4.69, 9.17) is 14.2 Å². The molecule has 0 radical (unpaired) electrons. The van der Waals surface area contributed by atoms with Gasteiger partial charge in [0.2, 0.25) is 0 Å². The minimum Gasteiger partial charge on any atom is -0.462 e. The molecular weight excluding hydrogens is 997 g/mol. The standard InChI is InChI=1S/C75H118O6/c1-4-7-10-13-16-19-22-25-28-30-32-34-35-36-37-38-39-41-42-44-47-50-53-56-59-62-65-68-74(77)80-71-72(70-79-73(76)67-64-61-58-55-52-49-46-27-24-21-18-15-12-9-6-3)81-75(78)69-66-63-60-57-54-51-48-45-43-40-33-31-29-26-23-20-17-14-11-8-5-2/h7-12,16-21,25-29,32-34,36-37,39-41,46,52,55,72H,4-6,13-15,22-24,30-31,35,38,42-45,47-51,53-54,56-71H2,1-3H3/b10-7-,11-8-,12-9-,19-16-,20-17-,21-18-,28-25-,29-26-,34-32-,37-36-,40-33-,41-39-,46-27-,55-52-. The highest BCUT2D eigenvalue weighted by atomic mass is 16.6. The largest absolute Gasteiger partial charge is 0.462 e. The quantitative estimate of drug-likeness (QED) is 0.0261. The van der Waals surface area contributed by atoms with Gasteiger partial charge in [-0.15, -0.1) is 0 Å². The molecule has 0 amide bonds. The average molecular weight is 1120 g/mol. The lowest BCUT2D eigenvalue weighted by molar-refractivity contribution is -0.167. The summed E-state index contributed by atoms with van der Waals surface area (Å²) in [5.74, 6) is -0.968. The van der Waals surface area contributed by atoms with Crippen LogP contribution in [-0.4, -0.2) is 37.2 Å². The highest BCUT2D eigenvalue weighted by Gasteiger charge is 2.19. The first kappa shape index (κ1) is 75.8. The summed E-state index contributed by atoms with van der Waals surface area (Å²) in [4.78, 5) is 38.4. The normalized spacial score (nSPS) is 13.3. The molecule has 1 atom stereocenters. The van der Waals surface area contributed by atoms with Crippen molar-refractivity contribution in [3.63, 3.8) is 0 Å². The van der Waals surface area contributed by atoms with E-state index in [1.807, 2.05) is 0 Å². The second-order valence-electron chi connectivity index (χ2n) is 20.9. The average Bonchev–Trinajstić information content (AvgIpc) is 3.47. The Bertz CT molecular complexity index is 1860. The minimum atomic E-state index is -0.814. The Morgan fingerprint density at radius 2 is 0.444 bits per heavy atom. The smallest absolute Gasteiger partial charge is 0.306 e. The molecular formula is C75H118O6. The molecule has 0 aromatic carbocycles. The number of hydrogen-bond donors (Lipinski definition) is 0. The van der Waals surface area contributed by atoms with E-state index in [1.54, 1.807) is 0 Å². The molecule has 0 bridgehead atoms. The number of rotatable bonds is 57. The number of hydrogen-bond acceptors (Lipinski definition) is 6. The van der Waals surface area contributed by atoms with Crippen LogP contribution in [0.15, 0.2) is 170 Å². The summed E-state index contributed by atoms with van der Waals surface area (Å²) in [5.41, 5.74) is 0. The summed E-state index contributed by atoms with van der Waals surface area (Å²) in [6, 6.07) is 0. The van der Waals surface area contributed by atoms with Crippen molar-refractivity contribution in [2.24, 2.45) is 0 Å². The van der Waals surface area contributed by atoms with Gasteiger partial charge in [-0.25, -0.2) is 0 Å². The minimum absolute atomic E-state index is 0.107. The Morgan fingerprint density at radius 3 is 0.716 bits per heavy atom. The van der Waals surface area contributed by atoms with Gasteiger partial charge in [-0.05, 0) is 148 Å². The summed E-state index contributed by atoms with van der Waals surface area (Å²) in [7, 11) is 0. The summed E-state index contributed by atoms with van der Waals surface area (Å²) in [5, 5.41) is 0. The van der Waals surface area contributed by atoms with Crippen LogP contribution >= 0.6 is 0 Å². The van der Waals surface area contributed by atoms with E-state index in [-0.39, 0.29) is 31.1 Å². The Balaban J connectivity index is 4.45. The van der Waals surface area contributed by atoms with Crippen LogP contribution in [0.25, 0.3) is 0 Å². The van der Waals surface area contributed by atoms with Crippen molar-refractivity contribution in [1.82, 2.24) is 0 Å². The van der Waals surface area contributed by atoms with Crippen molar-refractivity contribution in [1.29, 1.82) is 0 Å². The summed E-state index contributed by atoms with van der Waals surface area (Å²) < 4.78 is 16.9. The number of esters is 3. The molecule has 0 saturated heterocycles. The maximum Gasteiger partial charge on any atom is 0.306 e. The Labute approximate surface area is 498 Å². The lowest BCUT2D eigenvalue weighted by atomic mass is 10.1. The van der Waals surface area contributed by atoms with Gasteiger partial charge in [0.15, 0.2) is 6.10 Å². The first-order valence-corrected chi connectivity index (χ1v) is 32.6. The predicted molar refractivity (Wildman–Crippen MR) is 352 cm³/mol.